The molecule has 5 heteroatoms. The Hall–Kier alpha value is -1.16. The summed E-state index contributed by atoms with van der Waals surface area (Å²) in [4.78, 5) is 3.96. The molecule has 0 aliphatic carbocycles. The molecule has 0 fully saturated rings. The van der Waals surface area contributed by atoms with Gasteiger partial charge in [-0.15, -0.1) is 0 Å². The summed E-state index contributed by atoms with van der Waals surface area (Å²) in [5, 5.41) is 3.93. The molecular weight excluding hydrogens is 286 g/mol. The van der Waals surface area contributed by atoms with E-state index in [1.165, 1.54) is 6.07 Å². The Balaban J connectivity index is 2.24. The third-order valence-corrected chi connectivity index (χ3v) is 3.56. The van der Waals surface area contributed by atoms with Crippen LogP contribution in [0.1, 0.15) is 17.2 Å². The summed E-state index contributed by atoms with van der Waals surface area (Å²) < 4.78 is 13.1. The molecule has 1 atom stereocenters. The normalized spacial score (nSPS) is 12.4. The largest absolute Gasteiger partial charge is 0.313 e. The molecule has 0 radical (unpaired) electrons. The maximum atomic E-state index is 13.1. The van der Waals surface area contributed by atoms with Gasteiger partial charge in [-0.25, -0.2) is 4.39 Å². The Morgan fingerprint density at radius 3 is 2.68 bits per heavy atom. The van der Waals surface area contributed by atoms with Gasteiger partial charge in [-0.3, -0.25) is 4.98 Å². The zero-order chi connectivity index (χ0) is 13.8. The van der Waals surface area contributed by atoms with Crippen LogP contribution in [0.3, 0.4) is 0 Å². The van der Waals surface area contributed by atoms with E-state index in [4.69, 9.17) is 23.2 Å². The maximum Gasteiger partial charge on any atom is 0.141 e. The molecule has 2 rings (SSSR count). The topological polar surface area (TPSA) is 24.9 Å². The summed E-state index contributed by atoms with van der Waals surface area (Å²) in [7, 11) is 1.85. The van der Waals surface area contributed by atoms with E-state index in [0.717, 1.165) is 11.1 Å². The van der Waals surface area contributed by atoms with Gasteiger partial charge in [0.15, 0.2) is 0 Å². The number of nitrogens with one attached hydrogen (secondary N) is 1. The molecular formula is C14H13Cl2FN2. The molecule has 0 saturated heterocycles. The van der Waals surface area contributed by atoms with Gasteiger partial charge in [0.1, 0.15) is 5.82 Å². The molecule has 0 spiro atoms. The van der Waals surface area contributed by atoms with Crippen molar-refractivity contribution in [3.05, 3.63) is 63.6 Å². The van der Waals surface area contributed by atoms with Crippen molar-refractivity contribution < 1.29 is 4.39 Å². The minimum absolute atomic E-state index is 0.0250. The second kappa shape index (κ2) is 6.33. The highest BCUT2D eigenvalue weighted by Crippen LogP contribution is 2.26. The number of aromatic nitrogens is 1. The van der Waals surface area contributed by atoms with Gasteiger partial charge in [-0.05, 0) is 42.8 Å². The van der Waals surface area contributed by atoms with Gasteiger partial charge in [0.2, 0.25) is 0 Å². The van der Waals surface area contributed by atoms with Gasteiger partial charge in [0, 0.05) is 18.4 Å². The summed E-state index contributed by atoms with van der Waals surface area (Å²) in [5.41, 5.74) is 1.90. The van der Waals surface area contributed by atoms with Crippen LogP contribution in [0.25, 0.3) is 0 Å². The minimum Gasteiger partial charge on any atom is -0.313 e. The molecule has 100 valence electrons. The van der Waals surface area contributed by atoms with E-state index in [2.05, 4.69) is 10.3 Å². The van der Waals surface area contributed by atoms with Crippen molar-refractivity contribution in [3.8, 4) is 0 Å². The standard InChI is InChI=1S/C14H13Cl2FN2/c1-18-14(10-4-5-19-8-12(10)16)7-9-2-3-13(17)11(15)6-9/h2-6,8,14,18H,7H2,1H3. The number of pyridine rings is 1. The van der Waals surface area contributed by atoms with Crippen molar-refractivity contribution in [2.75, 3.05) is 7.05 Å². The van der Waals surface area contributed by atoms with E-state index in [0.29, 0.717) is 11.4 Å². The molecule has 0 saturated carbocycles. The van der Waals surface area contributed by atoms with Crippen LogP contribution in [0.15, 0.2) is 36.7 Å². The van der Waals surface area contributed by atoms with Gasteiger partial charge in [-0.1, -0.05) is 29.3 Å². The van der Waals surface area contributed by atoms with Gasteiger partial charge >= 0.3 is 0 Å². The van der Waals surface area contributed by atoms with Gasteiger partial charge in [0.25, 0.3) is 0 Å². The third kappa shape index (κ3) is 3.44. The van der Waals surface area contributed by atoms with Crippen LogP contribution in [0.5, 0.6) is 0 Å². The van der Waals surface area contributed by atoms with E-state index >= 15 is 0 Å². The molecule has 2 aromatic rings. The van der Waals surface area contributed by atoms with Crippen LogP contribution >= 0.6 is 23.2 Å². The SMILES string of the molecule is CNC(Cc1ccc(F)c(Cl)c1)c1ccncc1Cl. The lowest BCUT2D eigenvalue weighted by molar-refractivity contribution is 0.588. The molecule has 1 heterocycles. The summed E-state index contributed by atoms with van der Waals surface area (Å²) in [6.45, 7) is 0. The fourth-order valence-corrected chi connectivity index (χ4v) is 2.39. The Morgan fingerprint density at radius 2 is 2.05 bits per heavy atom. The van der Waals surface area contributed by atoms with Gasteiger partial charge in [0.05, 0.1) is 10.0 Å². The summed E-state index contributed by atoms with van der Waals surface area (Å²) in [5.74, 6) is -0.409. The van der Waals surface area contributed by atoms with Crippen molar-refractivity contribution in [3.63, 3.8) is 0 Å². The van der Waals surface area contributed by atoms with Crippen LogP contribution in [-0.4, -0.2) is 12.0 Å². The first-order chi connectivity index (χ1) is 9.11. The van der Waals surface area contributed by atoms with E-state index in [1.54, 1.807) is 24.5 Å². The lowest BCUT2D eigenvalue weighted by Gasteiger charge is -2.18. The molecule has 1 N–H and O–H groups in total. The number of benzene rings is 1. The van der Waals surface area contributed by atoms with Crippen molar-refractivity contribution >= 4 is 23.2 Å². The maximum absolute atomic E-state index is 13.1. The predicted molar refractivity (Wildman–Crippen MR) is 76.2 cm³/mol. The van der Waals surface area contributed by atoms with Gasteiger partial charge in [-0.2, -0.15) is 0 Å². The first kappa shape index (κ1) is 14.3. The van der Waals surface area contributed by atoms with Gasteiger partial charge < -0.3 is 5.32 Å². The Labute approximate surface area is 121 Å². The smallest absolute Gasteiger partial charge is 0.141 e. The Bertz CT molecular complexity index is 575. The minimum atomic E-state index is -0.409. The molecule has 0 amide bonds. The number of rotatable bonds is 4. The van der Waals surface area contributed by atoms with Crippen LogP contribution in [0.2, 0.25) is 10.0 Å². The second-order valence-electron chi connectivity index (χ2n) is 4.19. The number of likely N-dealkylation sites (N-methyl/N-ethyl adjacent to an activating group) is 1. The van der Waals surface area contributed by atoms with Crippen molar-refractivity contribution in [1.29, 1.82) is 0 Å². The highest BCUT2D eigenvalue weighted by Gasteiger charge is 2.14. The molecule has 1 unspecified atom stereocenters. The second-order valence-corrected chi connectivity index (χ2v) is 5.01. The fourth-order valence-electron chi connectivity index (χ4n) is 1.94. The Kier molecular flexibility index (Phi) is 4.75. The van der Waals surface area contributed by atoms with E-state index in [9.17, 15) is 4.39 Å². The predicted octanol–water partition coefficient (Wildman–Crippen LogP) is 4.03. The number of nitrogens with zero attached hydrogens (tertiary/aromatic N) is 1. The number of hydrogen-bond acceptors (Lipinski definition) is 2. The molecule has 1 aromatic heterocycles. The van der Waals surface area contributed by atoms with E-state index in [1.807, 2.05) is 13.1 Å². The average molecular weight is 299 g/mol. The number of halogens is 3. The van der Waals surface area contributed by atoms with E-state index in [-0.39, 0.29) is 11.1 Å². The molecule has 1 aromatic carbocycles. The number of hydrogen-bond donors (Lipinski definition) is 1. The highest BCUT2D eigenvalue weighted by molar-refractivity contribution is 6.31. The zero-order valence-corrected chi connectivity index (χ0v) is 11.8. The molecule has 19 heavy (non-hydrogen) atoms. The van der Waals surface area contributed by atoms with Crippen molar-refractivity contribution in [1.82, 2.24) is 10.3 Å². The molecule has 0 aliphatic rings. The first-order valence-electron chi connectivity index (χ1n) is 5.82. The van der Waals surface area contributed by atoms with Crippen molar-refractivity contribution in [2.45, 2.75) is 12.5 Å². The summed E-state index contributed by atoms with van der Waals surface area (Å²) in [6.07, 6.45) is 3.97. The van der Waals surface area contributed by atoms with E-state index < -0.39 is 5.82 Å². The Morgan fingerprint density at radius 1 is 1.26 bits per heavy atom. The molecule has 0 aliphatic heterocycles. The van der Waals surface area contributed by atoms with Crippen LogP contribution in [0, 0.1) is 5.82 Å². The molecule has 0 bridgehead atoms. The third-order valence-electron chi connectivity index (χ3n) is 2.95. The monoisotopic (exact) mass is 298 g/mol. The molecule has 2 nitrogen and oxygen atoms in total. The van der Waals surface area contributed by atoms with Crippen LogP contribution in [0.4, 0.5) is 4.39 Å². The quantitative estimate of drug-likeness (QED) is 0.922. The van der Waals surface area contributed by atoms with Crippen LogP contribution in [-0.2, 0) is 6.42 Å². The first-order valence-corrected chi connectivity index (χ1v) is 6.58. The summed E-state index contributed by atoms with van der Waals surface area (Å²) in [6, 6.07) is 6.63. The van der Waals surface area contributed by atoms with Crippen molar-refractivity contribution in [2.24, 2.45) is 0 Å². The lowest BCUT2D eigenvalue weighted by atomic mass is 10.00. The highest BCUT2D eigenvalue weighted by atomic mass is 35.5. The van der Waals surface area contributed by atoms with Crippen LogP contribution < -0.4 is 5.32 Å². The summed E-state index contributed by atoms with van der Waals surface area (Å²) >= 11 is 11.9. The lowest BCUT2D eigenvalue weighted by Crippen LogP contribution is -2.19. The zero-order valence-electron chi connectivity index (χ0n) is 10.3. The average Bonchev–Trinajstić information content (AvgIpc) is 2.41. The fraction of sp³-hybridized carbons (Fsp3) is 0.214.